The third-order valence-electron chi connectivity index (χ3n) is 5.17. The van der Waals surface area contributed by atoms with Crippen LogP contribution in [0.1, 0.15) is 30.4 Å². The second-order valence-corrected chi connectivity index (χ2v) is 7.40. The van der Waals surface area contributed by atoms with Gasteiger partial charge < -0.3 is 9.64 Å². The van der Waals surface area contributed by atoms with E-state index in [1.165, 1.54) is 31.4 Å². The fraction of sp³-hybridized carbons (Fsp3) is 0.500. The highest BCUT2D eigenvalue weighted by Gasteiger charge is 2.31. The fourth-order valence-electron chi connectivity index (χ4n) is 3.60. The Bertz CT molecular complexity index is 768. The molecule has 8 heteroatoms. The molecule has 0 aliphatic carbocycles. The second kappa shape index (κ2) is 7.95. The first-order valence-corrected chi connectivity index (χ1v) is 9.59. The third kappa shape index (κ3) is 4.55. The molecule has 4 rings (SSSR count). The number of alkyl halides is 3. The van der Waals surface area contributed by atoms with E-state index in [9.17, 15) is 13.2 Å². The lowest BCUT2D eigenvalue weighted by atomic mass is 10.1. The number of nitrogens with zero attached hydrogens (tertiary/aromatic N) is 4. The Morgan fingerprint density at radius 1 is 0.964 bits per heavy atom. The van der Waals surface area contributed by atoms with Crippen molar-refractivity contribution in [2.24, 2.45) is 0 Å². The minimum absolute atomic E-state index is 0.0545. The van der Waals surface area contributed by atoms with Crippen LogP contribution in [0.3, 0.4) is 0 Å². The molecule has 2 aliphatic rings. The summed E-state index contributed by atoms with van der Waals surface area (Å²) in [4.78, 5) is 13.2. The lowest BCUT2D eigenvalue weighted by Gasteiger charge is -2.39. The summed E-state index contributed by atoms with van der Waals surface area (Å²) in [6, 6.07) is 5.32. The number of piperidine rings is 1. The quantitative estimate of drug-likeness (QED) is 0.775. The third-order valence-corrected chi connectivity index (χ3v) is 5.17. The van der Waals surface area contributed by atoms with Crippen LogP contribution in [0, 0.1) is 0 Å². The largest absolute Gasteiger partial charge is 0.485 e. The van der Waals surface area contributed by atoms with Crippen molar-refractivity contribution in [3.8, 4) is 5.75 Å². The summed E-state index contributed by atoms with van der Waals surface area (Å²) in [7, 11) is 0. The van der Waals surface area contributed by atoms with Crippen molar-refractivity contribution in [2.75, 3.05) is 31.1 Å². The minimum atomic E-state index is -4.29. The van der Waals surface area contributed by atoms with Crippen LogP contribution in [-0.2, 0) is 12.7 Å². The van der Waals surface area contributed by atoms with E-state index in [-0.39, 0.29) is 6.10 Å². The van der Waals surface area contributed by atoms with Crippen LogP contribution >= 0.6 is 0 Å². The summed E-state index contributed by atoms with van der Waals surface area (Å²) >= 11 is 0. The molecule has 2 fully saturated rings. The molecule has 0 spiro atoms. The molecular formula is C20H23F3N4O. The van der Waals surface area contributed by atoms with Crippen LogP contribution in [0.15, 0.2) is 36.7 Å². The number of halogens is 3. The maximum Gasteiger partial charge on any atom is 0.416 e. The van der Waals surface area contributed by atoms with E-state index in [1.807, 2.05) is 0 Å². The van der Waals surface area contributed by atoms with Crippen molar-refractivity contribution in [3.05, 3.63) is 47.8 Å². The zero-order chi connectivity index (χ0) is 19.6. The summed E-state index contributed by atoms with van der Waals surface area (Å²) in [5.74, 6) is 1.41. The number of hydrogen-bond donors (Lipinski definition) is 0. The highest BCUT2D eigenvalue weighted by atomic mass is 19.4. The van der Waals surface area contributed by atoms with Crippen molar-refractivity contribution < 1.29 is 17.9 Å². The first kappa shape index (κ1) is 19.0. The van der Waals surface area contributed by atoms with Gasteiger partial charge in [-0.05, 0) is 37.0 Å². The Morgan fingerprint density at radius 3 is 2.21 bits per heavy atom. The number of ether oxygens (including phenoxy) is 1. The predicted octanol–water partition coefficient (Wildman–Crippen LogP) is 3.75. The molecule has 0 N–H and O–H groups in total. The highest BCUT2D eigenvalue weighted by Crippen LogP contribution is 2.29. The SMILES string of the molecule is FC(F)(F)c1ccc(CN2CC(Oc3cnc(N4CCCCC4)nc3)C2)cc1. The van der Waals surface area contributed by atoms with Gasteiger partial charge in [0.1, 0.15) is 6.10 Å². The summed E-state index contributed by atoms with van der Waals surface area (Å²) < 4.78 is 43.7. The Kier molecular flexibility index (Phi) is 5.39. The summed E-state index contributed by atoms with van der Waals surface area (Å²) in [5.41, 5.74) is 0.245. The van der Waals surface area contributed by atoms with Gasteiger partial charge in [-0.2, -0.15) is 13.2 Å². The Balaban J connectivity index is 1.23. The number of benzene rings is 1. The van der Waals surface area contributed by atoms with Crippen molar-refractivity contribution in [1.29, 1.82) is 0 Å². The lowest BCUT2D eigenvalue weighted by molar-refractivity contribution is -0.137. The van der Waals surface area contributed by atoms with Gasteiger partial charge >= 0.3 is 6.18 Å². The average Bonchev–Trinajstić information content (AvgIpc) is 2.67. The van der Waals surface area contributed by atoms with E-state index in [1.54, 1.807) is 12.4 Å². The molecule has 150 valence electrons. The van der Waals surface area contributed by atoms with Gasteiger partial charge in [-0.1, -0.05) is 12.1 Å². The van der Waals surface area contributed by atoms with Crippen molar-refractivity contribution in [1.82, 2.24) is 14.9 Å². The molecule has 2 saturated heterocycles. The molecule has 28 heavy (non-hydrogen) atoms. The molecule has 0 unspecified atom stereocenters. The lowest BCUT2D eigenvalue weighted by Crippen LogP contribution is -2.53. The van der Waals surface area contributed by atoms with Crippen LogP contribution in [0.5, 0.6) is 5.75 Å². The monoisotopic (exact) mass is 392 g/mol. The van der Waals surface area contributed by atoms with Gasteiger partial charge in [-0.15, -0.1) is 0 Å². The Labute approximate surface area is 162 Å². The molecule has 5 nitrogen and oxygen atoms in total. The molecule has 1 aromatic heterocycles. The van der Waals surface area contributed by atoms with Crippen LogP contribution in [0.2, 0.25) is 0 Å². The maximum absolute atomic E-state index is 12.6. The molecule has 0 bridgehead atoms. The first-order chi connectivity index (χ1) is 13.5. The van der Waals surface area contributed by atoms with Crippen LogP contribution in [0.4, 0.5) is 19.1 Å². The average molecular weight is 392 g/mol. The van der Waals surface area contributed by atoms with Gasteiger partial charge in [0.15, 0.2) is 5.75 Å². The van der Waals surface area contributed by atoms with E-state index in [0.717, 1.165) is 49.8 Å². The maximum atomic E-state index is 12.6. The Hall–Kier alpha value is -2.35. The zero-order valence-corrected chi connectivity index (χ0v) is 15.5. The molecule has 0 amide bonds. The van der Waals surface area contributed by atoms with Crippen LogP contribution in [0.25, 0.3) is 0 Å². The van der Waals surface area contributed by atoms with E-state index < -0.39 is 11.7 Å². The van der Waals surface area contributed by atoms with Gasteiger partial charge in [-0.25, -0.2) is 9.97 Å². The minimum Gasteiger partial charge on any atom is -0.485 e. The summed E-state index contributed by atoms with van der Waals surface area (Å²) in [5, 5.41) is 0. The number of rotatable bonds is 5. The second-order valence-electron chi connectivity index (χ2n) is 7.40. The Morgan fingerprint density at radius 2 is 1.61 bits per heavy atom. The molecular weight excluding hydrogens is 369 g/mol. The van der Waals surface area contributed by atoms with Gasteiger partial charge in [-0.3, -0.25) is 4.90 Å². The molecule has 1 aromatic carbocycles. The smallest absolute Gasteiger partial charge is 0.416 e. The molecule has 2 aromatic rings. The van der Waals surface area contributed by atoms with Gasteiger partial charge in [0.25, 0.3) is 0 Å². The number of anilines is 1. The van der Waals surface area contributed by atoms with E-state index >= 15 is 0 Å². The molecule has 3 heterocycles. The summed E-state index contributed by atoms with van der Waals surface area (Å²) in [6.45, 7) is 4.08. The van der Waals surface area contributed by atoms with Crippen LogP contribution < -0.4 is 9.64 Å². The van der Waals surface area contributed by atoms with E-state index in [2.05, 4.69) is 19.8 Å². The van der Waals surface area contributed by atoms with Gasteiger partial charge in [0.05, 0.1) is 18.0 Å². The van der Waals surface area contributed by atoms with E-state index in [0.29, 0.717) is 12.3 Å². The molecule has 0 saturated carbocycles. The molecule has 0 atom stereocenters. The van der Waals surface area contributed by atoms with Crippen molar-refractivity contribution >= 4 is 5.95 Å². The number of aromatic nitrogens is 2. The highest BCUT2D eigenvalue weighted by molar-refractivity contribution is 5.32. The van der Waals surface area contributed by atoms with E-state index in [4.69, 9.17) is 4.74 Å². The summed E-state index contributed by atoms with van der Waals surface area (Å²) in [6.07, 6.45) is 2.82. The number of hydrogen-bond acceptors (Lipinski definition) is 5. The first-order valence-electron chi connectivity index (χ1n) is 9.59. The molecule has 2 aliphatic heterocycles. The zero-order valence-electron chi connectivity index (χ0n) is 15.5. The normalized spacial score (nSPS) is 18.8. The van der Waals surface area contributed by atoms with Crippen molar-refractivity contribution in [3.63, 3.8) is 0 Å². The predicted molar refractivity (Wildman–Crippen MR) is 99.2 cm³/mol. The van der Waals surface area contributed by atoms with Gasteiger partial charge in [0.2, 0.25) is 5.95 Å². The van der Waals surface area contributed by atoms with Crippen molar-refractivity contribution in [2.45, 2.75) is 38.1 Å². The standard InChI is InChI=1S/C20H23F3N4O/c21-20(22,23)16-6-4-15(5-7-16)12-26-13-18(14-26)28-17-10-24-19(25-11-17)27-8-2-1-3-9-27/h4-7,10-11,18H,1-3,8-9,12-14H2. The number of likely N-dealkylation sites (tertiary alicyclic amines) is 1. The van der Waals surface area contributed by atoms with Crippen LogP contribution in [-0.4, -0.2) is 47.2 Å². The topological polar surface area (TPSA) is 41.5 Å². The fourth-order valence-corrected chi connectivity index (χ4v) is 3.60. The molecule has 0 radical (unpaired) electrons. The van der Waals surface area contributed by atoms with Gasteiger partial charge in [0, 0.05) is 32.7 Å².